The van der Waals surface area contributed by atoms with Gasteiger partial charge in [0.1, 0.15) is 0 Å². The average Bonchev–Trinajstić information content (AvgIpc) is 3.09. The van der Waals surface area contributed by atoms with Gasteiger partial charge in [0.15, 0.2) is 11.2 Å². The molecule has 1 aliphatic rings. The third kappa shape index (κ3) is 3.67. The highest BCUT2D eigenvalue weighted by Gasteiger charge is 2.64. The van der Waals surface area contributed by atoms with Gasteiger partial charge in [0, 0.05) is 11.5 Å². The zero-order valence-electron chi connectivity index (χ0n) is 17.3. The largest absolute Gasteiger partial charge is 0.465 e. The lowest BCUT2D eigenvalue weighted by Gasteiger charge is -2.32. The first-order chi connectivity index (χ1) is 14.5. The van der Waals surface area contributed by atoms with Crippen LogP contribution in [0.2, 0.25) is 0 Å². The zero-order valence-corrected chi connectivity index (χ0v) is 17.3. The van der Waals surface area contributed by atoms with Gasteiger partial charge in [0.25, 0.3) is 0 Å². The van der Waals surface area contributed by atoms with Crippen LogP contribution < -0.4 is 0 Å². The van der Waals surface area contributed by atoms with Crippen LogP contribution in [0.1, 0.15) is 42.1 Å². The molecule has 0 spiro atoms. The van der Waals surface area contributed by atoms with Crippen molar-refractivity contribution in [2.24, 2.45) is 11.3 Å². The molecule has 1 fully saturated rings. The summed E-state index contributed by atoms with van der Waals surface area (Å²) < 4.78 is 10.7. The number of hydrogen-bond donors (Lipinski definition) is 0. The molecule has 1 aliphatic carbocycles. The summed E-state index contributed by atoms with van der Waals surface area (Å²) in [4.78, 5) is 40.0. The number of carbonyl (C=O) groups excluding carboxylic acids is 3. The number of esters is 2. The van der Waals surface area contributed by atoms with Crippen LogP contribution in [0.4, 0.5) is 0 Å². The minimum Gasteiger partial charge on any atom is -0.465 e. The quantitative estimate of drug-likeness (QED) is 0.296. The molecule has 0 aliphatic heterocycles. The lowest BCUT2D eigenvalue weighted by Crippen LogP contribution is -2.45. The first-order valence-corrected chi connectivity index (χ1v) is 10.1. The standard InChI is InChI=1S/C25H26O5/c1-4-29-23(27)25(24(28)30-5-2)16-17(3)20(21(25)18-12-8-6-9-13-18)22(26)19-14-10-7-11-15-19/h6-15,20-21H,3-5,16H2,1-2H3/t20-,21+/m0/s1. The van der Waals surface area contributed by atoms with E-state index in [1.54, 1.807) is 38.1 Å². The van der Waals surface area contributed by atoms with E-state index in [0.717, 1.165) is 0 Å². The summed E-state index contributed by atoms with van der Waals surface area (Å²) >= 11 is 0. The molecule has 5 heteroatoms. The van der Waals surface area contributed by atoms with Gasteiger partial charge < -0.3 is 9.47 Å². The lowest BCUT2D eigenvalue weighted by molar-refractivity contribution is -0.173. The van der Waals surface area contributed by atoms with Crippen molar-refractivity contribution in [3.8, 4) is 0 Å². The van der Waals surface area contributed by atoms with Gasteiger partial charge in [-0.1, -0.05) is 72.8 Å². The maximum absolute atomic E-state index is 13.5. The summed E-state index contributed by atoms with van der Waals surface area (Å²) in [6.07, 6.45) is 0.00741. The smallest absolute Gasteiger partial charge is 0.324 e. The number of hydrogen-bond acceptors (Lipinski definition) is 5. The van der Waals surface area contributed by atoms with E-state index in [1.807, 2.05) is 36.4 Å². The van der Waals surface area contributed by atoms with Crippen molar-refractivity contribution >= 4 is 17.7 Å². The summed E-state index contributed by atoms with van der Waals surface area (Å²) in [6, 6.07) is 18.0. The molecule has 1 saturated carbocycles. The van der Waals surface area contributed by atoms with E-state index in [4.69, 9.17) is 9.47 Å². The molecule has 2 atom stereocenters. The van der Waals surface area contributed by atoms with Gasteiger partial charge in [-0.3, -0.25) is 14.4 Å². The van der Waals surface area contributed by atoms with Crippen molar-refractivity contribution in [1.82, 2.24) is 0 Å². The van der Waals surface area contributed by atoms with Crippen LogP contribution in [0.3, 0.4) is 0 Å². The number of rotatable bonds is 7. The highest BCUT2D eigenvalue weighted by molar-refractivity contribution is 6.07. The Morgan fingerprint density at radius 2 is 1.40 bits per heavy atom. The second-order valence-corrected chi connectivity index (χ2v) is 7.34. The molecule has 156 valence electrons. The molecule has 0 heterocycles. The molecule has 0 radical (unpaired) electrons. The highest BCUT2D eigenvalue weighted by Crippen LogP contribution is 2.57. The topological polar surface area (TPSA) is 69.7 Å². The molecule has 0 unspecified atom stereocenters. The Kier molecular flexibility index (Phi) is 6.50. The molecule has 3 rings (SSSR count). The van der Waals surface area contributed by atoms with Gasteiger partial charge in [-0.2, -0.15) is 0 Å². The monoisotopic (exact) mass is 406 g/mol. The Morgan fingerprint density at radius 3 is 1.90 bits per heavy atom. The molecule has 2 aromatic rings. The van der Waals surface area contributed by atoms with Crippen molar-refractivity contribution in [3.63, 3.8) is 0 Å². The van der Waals surface area contributed by atoms with Crippen LogP contribution in [0.15, 0.2) is 72.8 Å². The van der Waals surface area contributed by atoms with E-state index in [1.165, 1.54) is 0 Å². The van der Waals surface area contributed by atoms with E-state index < -0.39 is 29.2 Å². The molecule has 2 aromatic carbocycles. The minimum atomic E-state index is -1.65. The van der Waals surface area contributed by atoms with Crippen molar-refractivity contribution < 1.29 is 23.9 Å². The Morgan fingerprint density at radius 1 is 0.900 bits per heavy atom. The summed E-state index contributed by atoms with van der Waals surface area (Å²) in [5, 5.41) is 0. The number of ketones is 1. The van der Waals surface area contributed by atoms with Gasteiger partial charge in [-0.25, -0.2) is 0 Å². The van der Waals surface area contributed by atoms with Crippen LogP contribution in [0, 0.1) is 11.3 Å². The van der Waals surface area contributed by atoms with Crippen molar-refractivity contribution in [3.05, 3.63) is 83.9 Å². The number of Topliss-reactive ketones (excluding diaryl/α,β-unsaturated/α-hetero) is 1. The zero-order chi connectivity index (χ0) is 21.7. The number of benzene rings is 2. The van der Waals surface area contributed by atoms with Crippen LogP contribution in [-0.4, -0.2) is 30.9 Å². The van der Waals surface area contributed by atoms with Gasteiger partial charge in [0.2, 0.25) is 0 Å². The third-order valence-corrected chi connectivity index (χ3v) is 5.59. The molecule has 0 amide bonds. The Hall–Kier alpha value is -3.21. The summed E-state index contributed by atoms with van der Waals surface area (Å²) in [5.41, 5.74) is 0.0815. The highest BCUT2D eigenvalue weighted by atomic mass is 16.6. The molecule has 0 saturated heterocycles. The van der Waals surface area contributed by atoms with Crippen molar-refractivity contribution in [1.29, 1.82) is 0 Å². The fourth-order valence-electron chi connectivity index (χ4n) is 4.36. The number of allylic oxidation sites excluding steroid dienone is 1. The van der Waals surface area contributed by atoms with Crippen LogP contribution in [-0.2, 0) is 19.1 Å². The van der Waals surface area contributed by atoms with Gasteiger partial charge in [-0.15, -0.1) is 0 Å². The summed E-state index contributed by atoms with van der Waals surface area (Å²) in [7, 11) is 0. The van der Waals surface area contributed by atoms with Crippen LogP contribution in [0.5, 0.6) is 0 Å². The molecule has 0 N–H and O–H groups in total. The third-order valence-electron chi connectivity index (χ3n) is 5.59. The molecular weight excluding hydrogens is 380 g/mol. The average molecular weight is 406 g/mol. The lowest BCUT2D eigenvalue weighted by atomic mass is 9.70. The van der Waals surface area contributed by atoms with Gasteiger partial charge in [-0.05, 0) is 25.8 Å². The van der Waals surface area contributed by atoms with Gasteiger partial charge in [0.05, 0.1) is 19.1 Å². The van der Waals surface area contributed by atoms with Crippen LogP contribution in [0.25, 0.3) is 0 Å². The first-order valence-electron chi connectivity index (χ1n) is 10.1. The maximum atomic E-state index is 13.5. The van der Waals surface area contributed by atoms with E-state index in [9.17, 15) is 14.4 Å². The number of ether oxygens (including phenoxy) is 2. The second kappa shape index (κ2) is 9.08. The predicted octanol–water partition coefficient (Wildman–Crippen LogP) is 4.34. The molecule has 0 bridgehead atoms. The molecule has 0 aromatic heterocycles. The SMILES string of the molecule is C=C1CC(C(=O)OCC)(C(=O)OCC)[C@H](c2ccccc2)[C@H]1C(=O)c1ccccc1. The molecular formula is C25H26O5. The fourth-order valence-corrected chi connectivity index (χ4v) is 4.36. The van der Waals surface area contributed by atoms with E-state index in [0.29, 0.717) is 16.7 Å². The minimum absolute atomic E-state index is 0.00741. The van der Waals surface area contributed by atoms with E-state index in [2.05, 4.69) is 6.58 Å². The van der Waals surface area contributed by atoms with E-state index in [-0.39, 0.29) is 25.4 Å². The summed E-state index contributed by atoms with van der Waals surface area (Å²) in [5.74, 6) is -3.05. The second-order valence-electron chi connectivity index (χ2n) is 7.34. The first kappa shape index (κ1) is 21.5. The Bertz CT molecular complexity index is 915. The molecule has 5 nitrogen and oxygen atoms in total. The maximum Gasteiger partial charge on any atom is 0.324 e. The predicted molar refractivity (Wildman–Crippen MR) is 113 cm³/mol. The number of carbonyl (C=O) groups is 3. The van der Waals surface area contributed by atoms with Crippen LogP contribution >= 0.6 is 0 Å². The van der Waals surface area contributed by atoms with Crippen molar-refractivity contribution in [2.45, 2.75) is 26.2 Å². The van der Waals surface area contributed by atoms with E-state index >= 15 is 0 Å². The summed E-state index contributed by atoms with van der Waals surface area (Å²) in [6.45, 7) is 7.70. The normalized spacial score (nSPS) is 19.9. The van der Waals surface area contributed by atoms with Gasteiger partial charge >= 0.3 is 11.9 Å². The van der Waals surface area contributed by atoms with Crippen molar-refractivity contribution in [2.75, 3.05) is 13.2 Å². The Labute approximate surface area is 176 Å². The Balaban J connectivity index is 2.21. The fraction of sp³-hybridized carbons (Fsp3) is 0.320. The molecule has 30 heavy (non-hydrogen) atoms.